The molecule has 0 saturated carbocycles. The summed E-state index contributed by atoms with van der Waals surface area (Å²) in [6.07, 6.45) is -0.0132. The number of esters is 1. The number of hydrogen-bond acceptors (Lipinski definition) is 5. The van der Waals surface area contributed by atoms with E-state index in [2.05, 4.69) is 4.98 Å². The SMILES string of the molecule is CC(OC(=O)c1ccc2ncsc2c1)C(=O)N1CCc2ccccc21. The van der Waals surface area contributed by atoms with Gasteiger partial charge in [-0.1, -0.05) is 18.2 Å². The molecule has 0 radical (unpaired) electrons. The van der Waals surface area contributed by atoms with Gasteiger partial charge in [-0.2, -0.15) is 0 Å². The number of rotatable bonds is 3. The first-order valence-corrected chi connectivity index (χ1v) is 8.95. The Hall–Kier alpha value is -2.73. The first-order chi connectivity index (χ1) is 12.1. The number of benzene rings is 2. The van der Waals surface area contributed by atoms with Crippen molar-refractivity contribution in [3.63, 3.8) is 0 Å². The molecule has 5 nitrogen and oxygen atoms in total. The molecule has 0 N–H and O–H groups in total. The molecule has 0 fully saturated rings. The highest BCUT2D eigenvalue weighted by Gasteiger charge is 2.30. The smallest absolute Gasteiger partial charge is 0.338 e. The summed E-state index contributed by atoms with van der Waals surface area (Å²) in [5, 5.41) is 0. The van der Waals surface area contributed by atoms with Crippen LogP contribution in [0.3, 0.4) is 0 Å². The maximum absolute atomic E-state index is 12.7. The molecule has 0 spiro atoms. The summed E-state index contributed by atoms with van der Waals surface area (Å²) >= 11 is 1.46. The molecule has 2 heterocycles. The van der Waals surface area contributed by atoms with Gasteiger partial charge >= 0.3 is 5.97 Å². The van der Waals surface area contributed by atoms with Gasteiger partial charge in [0.2, 0.25) is 0 Å². The van der Waals surface area contributed by atoms with Gasteiger partial charge in [0.05, 0.1) is 21.3 Å². The molecule has 0 aliphatic carbocycles. The van der Waals surface area contributed by atoms with Crippen molar-refractivity contribution in [2.75, 3.05) is 11.4 Å². The van der Waals surface area contributed by atoms with Crippen LogP contribution in [0, 0.1) is 0 Å². The molecule has 6 heteroatoms. The molecule has 0 saturated heterocycles. The molecule has 1 atom stereocenters. The molecule has 4 rings (SSSR count). The largest absolute Gasteiger partial charge is 0.449 e. The van der Waals surface area contributed by atoms with Crippen molar-refractivity contribution in [1.82, 2.24) is 4.98 Å². The third-order valence-electron chi connectivity index (χ3n) is 4.35. The van der Waals surface area contributed by atoms with Crippen LogP contribution in [0.1, 0.15) is 22.8 Å². The van der Waals surface area contributed by atoms with Crippen LogP contribution in [0.2, 0.25) is 0 Å². The topological polar surface area (TPSA) is 59.5 Å². The van der Waals surface area contributed by atoms with E-state index in [-0.39, 0.29) is 5.91 Å². The second-order valence-corrected chi connectivity index (χ2v) is 6.84. The number of thiazole rings is 1. The number of ether oxygens (including phenoxy) is 1. The number of carbonyl (C=O) groups excluding carboxylic acids is 2. The average Bonchev–Trinajstić information content (AvgIpc) is 3.26. The van der Waals surface area contributed by atoms with Crippen LogP contribution in [0.5, 0.6) is 0 Å². The van der Waals surface area contributed by atoms with Gasteiger partial charge in [0, 0.05) is 12.2 Å². The minimum absolute atomic E-state index is 0.197. The van der Waals surface area contributed by atoms with Gasteiger partial charge in [0.25, 0.3) is 5.91 Å². The van der Waals surface area contributed by atoms with Crippen LogP contribution in [0.15, 0.2) is 48.0 Å². The lowest BCUT2D eigenvalue weighted by Crippen LogP contribution is -2.39. The molecule has 1 unspecified atom stereocenters. The highest BCUT2D eigenvalue weighted by atomic mass is 32.1. The Kier molecular flexibility index (Phi) is 3.97. The molecule has 1 aliphatic rings. The van der Waals surface area contributed by atoms with Gasteiger partial charge in [-0.15, -0.1) is 11.3 Å². The Balaban J connectivity index is 1.48. The lowest BCUT2D eigenvalue weighted by atomic mass is 10.2. The summed E-state index contributed by atoms with van der Waals surface area (Å²) in [5.41, 5.74) is 5.06. The van der Waals surface area contributed by atoms with Gasteiger partial charge < -0.3 is 9.64 Å². The fourth-order valence-electron chi connectivity index (χ4n) is 3.05. The molecular formula is C19H16N2O3S. The second-order valence-electron chi connectivity index (χ2n) is 5.95. The zero-order valence-corrected chi connectivity index (χ0v) is 14.5. The van der Waals surface area contributed by atoms with E-state index < -0.39 is 12.1 Å². The van der Waals surface area contributed by atoms with E-state index in [0.29, 0.717) is 12.1 Å². The van der Waals surface area contributed by atoms with Crippen LogP contribution in [0.25, 0.3) is 10.2 Å². The van der Waals surface area contributed by atoms with Crippen LogP contribution in [0.4, 0.5) is 5.69 Å². The maximum atomic E-state index is 12.7. The molecule has 1 aliphatic heterocycles. The number of aromatic nitrogens is 1. The lowest BCUT2D eigenvalue weighted by Gasteiger charge is -2.21. The van der Waals surface area contributed by atoms with Gasteiger partial charge in [-0.3, -0.25) is 4.79 Å². The van der Waals surface area contributed by atoms with Crippen molar-refractivity contribution >= 4 is 39.1 Å². The van der Waals surface area contributed by atoms with Crippen LogP contribution < -0.4 is 4.90 Å². The summed E-state index contributed by atoms with van der Waals surface area (Å²) in [5.74, 6) is -0.694. The zero-order chi connectivity index (χ0) is 17.4. The zero-order valence-electron chi connectivity index (χ0n) is 13.6. The molecule has 1 amide bonds. The Labute approximate surface area is 148 Å². The third kappa shape index (κ3) is 2.89. The van der Waals surface area contributed by atoms with Crippen molar-refractivity contribution in [1.29, 1.82) is 0 Å². The number of fused-ring (bicyclic) bond motifs is 2. The number of nitrogens with zero attached hydrogens (tertiary/aromatic N) is 2. The first-order valence-electron chi connectivity index (χ1n) is 8.07. The van der Waals surface area contributed by atoms with Gasteiger partial charge in [-0.05, 0) is 43.2 Å². The summed E-state index contributed by atoms with van der Waals surface area (Å²) in [6.45, 7) is 2.24. The minimum atomic E-state index is -0.837. The highest BCUT2D eigenvalue weighted by Crippen LogP contribution is 2.28. The summed E-state index contributed by atoms with van der Waals surface area (Å²) in [6, 6.07) is 13.0. The maximum Gasteiger partial charge on any atom is 0.338 e. The van der Waals surface area contributed by atoms with E-state index in [9.17, 15) is 9.59 Å². The molecule has 25 heavy (non-hydrogen) atoms. The molecule has 3 aromatic rings. The van der Waals surface area contributed by atoms with Gasteiger partial charge in [-0.25, -0.2) is 9.78 Å². The van der Waals surface area contributed by atoms with Crippen LogP contribution in [-0.2, 0) is 16.0 Å². The number of carbonyl (C=O) groups is 2. The molecule has 2 aromatic carbocycles. The van der Waals surface area contributed by atoms with Gasteiger partial charge in [0.1, 0.15) is 0 Å². The predicted molar refractivity (Wildman–Crippen MR) is 97.0 cm³/mol. The third-order valence-corrected chi connectivity index (χ3v) is 5.14. The number of amides is 1. The van der Waals surface area contributed by atoms with Crippen molar-refractivity contribution < 1.29 is 14.3 Å². The molecule has 1 aromatic heterocycles. The normalized spacial score (nSPS) is 14.4. The number of hydrogen-bond donors (Lipinski definition) is 0. The van der Waals surface area contributed by atoms with Crippen molar-refractivity contribution in [2.45, 2.75) is 19.4 Å². The molecule has 126 valence electrons. The first kappa shape index (κ1) is 15.8. The summed E-state index contributed by atoms with van der Waals surface area (Å²) < 4.78 is 6.32. The predicted octanol–water partition coefficient (Wildman–Crippen LogP) is 3.43. The number of para-hydroxylation sites is 1. The van der Waals surface area contributed by atoms with Crippen LogP contribution >= 0.6 is 11.3 Å². The van der Waals surface area contributed by atoms with Gasteiger partial charge in [0.15, 0.2) is 6.10 Å². The van der Waals surface area contributed by atoms with E-state index >= 15 is 0 Å². The Bertz CT molecular complexity index is 966. The van der Waals surface area contributed by atoms with Crippen molar-refractivity contribution in [3.8, 4) is 0 Å². The quantitative estimate of drug-likeness (QED) is 0.678. The Morgan fingerprint density at radius 1 is 1.24 bits per heavy atom. The van der Waals surface area contributed by atoms with E-state index in [4.69, 9.17) is 4.74 Å². The standard InChI is InChI=1S/C19H16N2O3S/c1-12(18(22)21-9-8-13-4-2-3-5-16(13)21)24-19(23)14-6-7-15-17(10-14)25-11-20-15/h2-7,10-12H,8-9H2,1H3. The average molecular weight is 352 g/mol. The second kappa shape index (κ2) is 6.29. The fraction of sp³-hybridized carbons (Fsp3) is 0.211. The summed E-state index contributed by atoms with van der Waals surface area (Å²) in [4.78, 5) is 30.9. The summed E-state index contributed by atoms with van der Waals surface area (Å²) in [7, 11) is 0. The fourth-order valence-corrected chi connectivity index (χ4v) is 3.76. The lowest BCUT2D eigenvalue weighted by molar-refractivity contribution is -0.126. The molecular weight excluding hydrogens is 336 g/mol. The highest BCUT2D eigenvalue weighted by molar-refractivity contribution is 7.16. The Morgan fingerprint density at radius 2 is 2.08 bits per heavy atom. The van der Waals surface area contributed by atoms with Crippen LogP contribution in [-0.4, -0.2) is 29.5 Å². The van der Waals surface area contributed by atoms with Crippen molar-refractivity contribution in [3.05, 3.63) is 59.1 Å². The van der Waals surface area contributed by atoms with E-state index in [1.54, 1.807) is 35.5 Å². The molecule has 0 bridgehead atoms. The van der Waals surface area contributed by atoms with E-state index in [1.165, 1.54) is 11.3 Å². The van der Waals surface area contributed by atoms with Crippen molar-refractivity contribution in [2.24, 2.45) is 0 Å². The Morgan fingerprint density at radius 3 is 2.96 bits per heavy atom. The van der Waals surface area contributed by atoms with E-state index in [1.807, 2.05) is 24.3 Å². The number of anilines is 1. The van der Waals surface area contributed by atoms with E-state index in [0.717, 1.165) is 27.9 Å². The monoisotopic (exact) mass is 352 g/mol. The minimum Gasteiger partial charge on any atom is -0.449 e.